The van der Waals surface area contributed by atoms with Crippen LogP contribution in [0.4, 0.5) is 0 Å². The quantitative estimate of drug-likeness (QED) is 0.0845. The van der Waals surface area contributed by atoms with Crippen LogP contribution in [0.15, 0.2) is 146 Å². The molecule has 0 radical (unpaired) electrons. The first kappa shape index (κ1) is 69.4. The summed E-state index contributed by atoms with van der Waals surface area (Å²) in [6, 6.07) is 54.1. The molecule has 0 saturated carbocycles. The van der Waals surface area contributed by atoms with E-state index < -0.39 is 0 Å². The van der Waals surface area contributed by atoms with Crippen molar-refractivity contribution in [3.8, 4) is 0 Å². The van der Waals surface area contributed by atoms with Crippen LogP contribution in [0.1, 0.15) is 136 Å². The molecule has 8 heteroatoms. The summed E-state index contributed by atoms with van der Waals surface area (Å²) in [6.07, 6.45) is 10.8. The summed E-state index contributed by atoms with van der Waals surface area (Å²) < 4.78 is 0. The summed E-state index contributed by atoms with van der Waals surface area (Å²) in [6.45, 7) is 37.7. The maximum Gasteiger partial charge on any atom is 2.00 e. The molecular formula is C64H88Cl2P4Zr2-2. The summed E-state index contributed by atoms with van der Waals surface area (Å²) in [5.41, 5.74) is 0. The van der Waals surface area contributed by atoms with Gasteiger partial charge in [0.25, 0.3) is 0 Å². The van der Waals surface area contributed by atoms with Gasteiger partial charge in [-0.25, -0.2) is 0 Å². The minimum Gasteiger partial charge on any atom is -1.00 e. The average Bonchev–Trinajstić information content (AvgIpc) is 4.06. The predicted molar refractivity (Wildman–Crippen MR) is 324 cm³/mol. The summed E-state index contributed by atoms with van der Waals surface area (Å²) in [4.78, 5) is 0. The molecule has 0 heterocycles. The van der Waals surface area contributed by atoms with Crippen LogP contribution in [0, 0.1) is 0 Å². The second kappa shape index (κ2) is 31.7. The Morgan fingerprint density at radius 3 is 0.708 bits per heavy atom. The van der Waals surface area contributed by atoms with Crippen LogP contribution < -0.4 is 46.0 Å². The van der Waals surface area contributed by atoms with Crippen LogP contribution in [-0.2, 0) is 52.4 Å². The van der Waals surface area contributed by atoms with Crippen molar-refractivity contribution in [1.82, 2.24) is 0 Å². The zero-order valence-electron chi connectivity index (χ0n) is 47.1. The Bertz CT molecular complexity index is 2370. The van der Waals surface area contributed by atoms with Gasteiger partial charge in [0.1, 0.15) is 0 Å². The fourth-order valence-corrected chi connectivity index (χ4v) is 23.7. The van der Waals surface area contributed by atoms with E-state index in [1.54, 1.807) is 21.2 Å². The van der Waals surface area contributed by atoms with Crippen LogP contribution in [0.5, 0.6) is 0 Å². The number of fused-ring (bicyclic) bond motifs is 4. The minimum atomic E-state index is -0.185. The second-order valence-electron chi connectivity index (χ2n) is 22.7. The first-order valence-electron chi connectivity index (χ1n) is 25.8. The first-order chi connectivity index (χ1) is 32.1. The van der Waals surface area contributed by atoms with Gasteiger partial charge in [-0.05, 0) is 45.3 Å². The number of hydrogen-bond donors (Lipinski definition) is 0. The van der Waals surface area contributed by atoms with E-state index in [4.69, 9.17) is 0 Å². The molecule has 8 aromatic rings. The molecule has 0 aromatic heterocycles. The molecule has 0 nitrogen and oxygen atoms in total. The fraction of sp³-hybridized carbons (Fsp3) is 0.438. The van der Waals surface area contributed by atoms with Gasteiger partial charge in [0.2, 0.25) is 0 Å². The summed E-state index contributed by atoms with van der Waals surface area (Å²) in [7, 11) is -0.175. The molecule has 0 atom stereocenters. The maximum absolute atomic E-state index is 2.41. The van der Waals surface area contributed by atoms with Crippen LogP contribution in [0.3, 0.4) is 0 Å². The third kappa shape index (κ3) is 20.0. The maximum atomic E-state index is 2.41. The van der Waals surface area contributed by atoms with Gasteiger partial charge in [0.05, 0.1) is 0 Å². The Hall–Kier alpha value is -0.614. The van der Waals surface area contributed by atoms with Gasteiger partial charge in [-0.3, -0.25) is 0 Å². The number of halogens is 2. The third-order valence-corrected chi connectivity index (χ3v) is 25.2. The zero-order valence-corrected chi connectivity index (χ0v) is 57.1. The molecule has 8 rings (SSSR count). The van der Waals surface area contributed by atoms with Crippen molar-refractivity contribution in [3.05, 3.63) is 146 Å². The van der Waals surface area contributed by atoms with Gasteiger partial charge in [-0.1, -0.05) is 192 Å². The van der Waals surface area contributed by atoms with Crippen molar-refractivity contribution in [2.24, 2.45) is 0 Å². The normalized spacial score (nSPS) is 11.8. The monoisotopic (exact) mass is 1230 g/mol. The van der Waals surface area contributed by atoms with E-state index in [0.29, 0.717) is 20.6 Å². The van der Waals surface area contributed by atoms with E-state index >= 15 is 0 Å². The molecule has 72 heavy (non-hydrogen) atoms. The van der Waals surface area contributed by atoms with Crippen LogP contribution in [0.2, 0.25) is 0 Å². The molecule has 0 unspecified atom stereocenters. The molecule has 0 aliphatic heterocycles. The van der Waals surface area contributed by atoms with E-state index in [2.05, 4.69) is 256 Å². The summed E-state index contributed by atoms with van der Waals surface area (Å²) >= 11 is 0. The number of rotatable bonds is 12. The minimum absolute atomic E-state index is 0. The second-order valence-corrected chi connectivity index (χ2v) is 35.4. The van der Waals surface area contributed by atoms with Crippen molar-refractivity contribution in [1.29, 1.82) is 0 Å². The molecule has 0 spiro atoms. The molecular weight excluding hydrogens is 1150 g/mol. The van der Waals surface area contributed by atoms with E-state index in [1.165, 1.54) is 93.4 Å². The molecule has 388 valence electrons. The van der Waals surface area contributed by atoms with Crippen molar-refractivity contribution >= 4 is 96.0 Å². The van der Waals surface area contributed by atoms with E-state index in [1.807, 2.05) is 0 Å². The fourth-order valence-electron chi connectivity index (χ4n) is 10.5. The van der Waals surface area contributed by atoms with Gasteiger partial charge in [0, 0.05) is 0 Å². The number of benzene rings is 4. The smallest absolute Gasteiger partial charge is 1.00 e. The van der Waals surface area contributed by atoms with Crippen LogP contribution in [-0.4, -0.2) is 45.3 Å². The van der Waals surface area contributed by atoms with E-state index in [0.717, 1.165) is 0 Å². The predicted octanol–water partition coefficient (Wildman–Crippen LogP) is 13.5. The molecule has 0 fully saturated rings. The Labute approximate surface area is 495 Å². The van der Waals surface area contributed by atoms with Crippen LogP contribution >= 0.6 is 31.7 Å². The molecule has 0 saturated heterocycles. The topological polar surface area (TPSA) is 0 Å². The largest absolute Gasteiger partial charge is 2.00 e. The molecule has 0 amide bonds. The van der Waals surface area contributed by atoms with E-state index in [-0.39, 0.29) is 109 Å². The summed E-state index contributed by atoms with van der Waals surface area (Å²) in [5.74, 6) is 0. The van der Waals surface area contributed by atoms with Gasteiger partial charge < -0.3 is 24.8 Å². The number of hydrogen-bond acceptors (Lipinski definition) is 0. The third-order valence-electron chi connectivity index (χ3n) is 12.3. The van der Waals surface area contributed by atoms with Gasteiger partial charge >= 0.3 is 52.4 Å². The average molecular weight is 1230 g/mol. The Balaban J connectivity index is 0.000000472. The Morgan fingerprint density at radius 1 is 0.319 bits per heavy atom. The molecule has 0 bridgehead atoms. The van der Waals surface area contributed by atoms with Gasteiger partial charge in [0.15, 0.2) is 0 Å². The molecule has 0 aliphatic carbocycles. The molecule has 0 N–H and O–H groups in total. The van der Waals surface area contributed by atoms with Crippen molar-refractivity contribution in [3.63, 3.8) is 0 Å². The Kier molecular flexibility index (Phi) is 30.6. The van der Waals surface area contributed by atoms with Crippen molar-refractivity contribution < 1.29 is 77.2 Å². The van der Waals surface area contributed by atoms with Gasteiger partial charge in [-0.15, -0.1) is 161 Å². The standard InChI is InChI=1S/2C17H24P.2C15H20P.2ClH.2Zr/c2*1-16(2,3)18(17(4,5)6)15-11-13-9-7-8-10-14(13)12-15;2*1-3-9-16(10-4-2)15-11-13-7-5-6-8-14(13)12-15;;;;/h2*7-12H,1-6H3;2*5-8,11-12H,3-4,9-10H2,1-2H3;2*1H;;/q4*-1;;;2*+2/p-2. The van der Waals surface area contributed by atoms with Crippen LogP contribution in [0.25, 0.3) is 43.1 Å². The van der Waals surface area contributed by atoms with Crippen molar-refractivity contribution in [2.45, 2.75) is 157 Å². The zero-order chi connectivity index (χ0) is 49.9. The first-order valence-corrected chi connectivity index (χ1v) is 31.9. The van der Waals surface area contributed by atoms with Crippen molar-refractivity contribution in [2.75, 3.05) is 24.6 Å². The molecule has 0 aliphatic rings. The SMILES string of the molecule is CC(C)(C)P(c1cc2ccccc2[cH-]1)C(C)(C)C.CC(C)(C)P(c1cc2ccccc2[cH-]1)C(C)(C)C.CCCP(CCC)c1cc2ccccc2[cH-]1.CCCP(CCC)c1cc2ccccc2[cH-]1.[Cl-].[Cl-].[Zr+2].[Zr+2]. The van der Waals surface area contributed by atoms with Gasteiger partial charge in [-0.2, -0.15) is 24.3 Å². The summed E-state index contributed by atoms with van der Waals surface area (Å²) in [5, 5.41) is 18.9. The Morgan fingerprint density at radius 2 is 0.514 bits per heavy atom. The molecule has 8 aromatic carbocycles. The van der Waals surface area contributed by atoms with E-state index in [9.17, 15) is 0 Å².